The largest absolute Gasteiger partial charge is 0.358 e. The fraction of sp³-hybridized carbons (Fsp3) is 0.250. The van der Waals surface area contributed by atoms with Crippen molar-refractivity contribution in [1.29, 1.82) is 0 Å². The van der Waals surface area contributed by atoms with Crippen LogP contribution in [-0.2, 0) is 22.6 Å². The first-order valence-corrected chi connectivity index (χ1v) is 8.99. The van der Waals surface area contributed by atoms with Gasteiger partial charge in [-0.15, -0.1) is 0 Å². The summed E-state index contributed by atoms with van der Waals surface area (Å²) < 4.78 is 0. The average Bonchev–Trinajstić information content (AvgIpc) is 2.70. The molecular formula is C20H20ClN3O3. The van der Waals surface area contributed by atoms with E-state index < -0.39 is 6.04 Å². The number of nitrogens with one attached hydrogen (secondary N) is 2. The molecule has 0 aromatic heterocycles. The molecule has 2 aromatic rings. The van der Waals surface area contributed by atoms with Crippen LogP contribution in [0.5, 0.6) is 0 Å². The Balaban J connectivity index is 1.90. The Hall–Kier alpha value is -2.86. The van der Waals surface area contributed by atoms with Crippen LogP contribution in [0.3, 0.4) is 0 Å². The van der Waals surface area contributed by atoms with Gasteiger partial charge in [0.25, 0.3) is 5.91 Å². The highest BCUT2D eigenvalue weighted by Crippen LogP contribution is 2.27. The number of amides is 3. The van der Waals surface area contributed by atoms with E-state index in [0.717, 1.165) is 11.1 Å². The third-order valence-corrected chi connectivity index (χ3v) is 4.95. The summed E-state index contributed by atoms with van der Waals surface area (Å²) >= 11 is 6.19. The lowest BCUT2D eigenvalue weighted by molar-refractivity contribution is -0.129. The molecule has 0 bridgehead atoms. The molecule has 3 amide bonds. The number of hydrogen-bond acceptors (Lipinski definition) is 3. The topological polar surface area (TPSA) is 78.5 Å². The Morgan fingerprint density at radius 1 is 1.07 bits per heavy atom. The Labute approximate surface area is 162 Å². The summed E-state index contributed by atoms with van der Waals surface area (Å²) in [5.41, 5.74) is 2.36. The van der Waals surface area contributed by atoms with Crippen LogP contribution in [0.15, 0.2) is 48.5 Å². The van der Waals surface area contributed by atoms with Crippen LogP contribution < -0.4 is 10.6 Å². The smallest absolute Gasteiger partial charge is 0.256 e. The van der Waals surface area contributed by atoms with Gasteiger partial charge < -0.3 is 15.5 Å². The molecule has 0 spiro atoms. The zero-order valence-electron chi connectivity index (χ0n) is 14.9. The molecule has 2 N–H and O–H groups in total. The number of carbonyl (C=O) groups is 3. The minimum absolute atomic E-state index is 0.137. The van der Waals surface area contributed by atoms with Crippen LogP contribution in [0, 0.1) is 0 Å². The van der Waals surface area contributed by atoms with E-state index in [9.17, 15) is 14.4 Å². The molecule has 0 fully saturated rings. The molecule has 0 saturated carbocycles. The van der Waals surface area contributed by atoms with E-state index in [4.69, 9.17) is 11.6 Å². The van der Waals surface area contributed by atoms with Crippen LogP contribution >= 0.6 is 11.6 Å². The summed E-state index contributed by atoms with van der Waals surface area (Å²) in [6, 6.07) is 13.8. The first kappa shape index (κ1) is 18.9. The predicted octanol–water partition coefficient (Wildman–Crippen LogP) is 1.77. The molecular weight excluding hydrogens is 366 g/mol. The second-order valence-electron chi connectivity index (χ2n) is 6.29. The first-order chi connectivity index (χ1) is 13.0. The Morgan fingerprint density at radius 2 is 1.74 bits per heavy atom. The van der Waals surface area contributed by atoms with E-state index in [1.54, 1.807) is 24.3 Å². The summed E-state index contributed by atoms with van der Waals surface area (Å²) in [5.74, 6) is -0.979. The van der Waals surface area contributed by atoms with E-state index in [2.05, 4.69) is 10.6 Å². The molecule has 2 aromatic carbocycles. The Morgan fingerprint density at radius 3 is 2.44 bits per heavy atom. The van der Waals surface area contributed by atoms with Crippen molar-refractivity contribution >= 4 is 29.3 Å². The maximum absolute atomic E-state index is 13.1. The second-order valence-corrected chi connectivity index (χ2v) is 6.70. The summed E-state index contributed by atoms with van der Waals surface area (Å²) in [7, 11) is 1.50. The van der Waals surface area contributed by atoms with Gasteiger partial charge in [0.1, 0.15) is 6.04 Å². The highest BCUT2D eigenvalue weighted by atomic mass is 35.5. The lowest BCUT2D eigenvalue weighted by Crippen LogP contribution is -2.53. The number of nitrogens with zero attached hydrogens (tertiary/aromatic N) is 1. The van der Waals surface area contributed by atoms with Crippen LogP contribution in [0.4, 0.5) is 0 Å². The SMILES string of the molecule is CNC(=O)CNC(=O)[C@H]1Cc2ccccc2CN1C(=O)c1ccccc1Cl. The minimum Gasteiger partial charge on any atom is -0.358 e. The van der Waals surface area contributed by atoms with Crippen molar-refractivity contribution in [3.05, 3.63) is 70.2 Å². The van der Waals surface area contributed by atoms with Gasteiger partial charge in [0.05, 0.1) is 17.1 Å². The lowest BCUT2D eigenvalue weighted by atomic mass is 9.92. The van der Waals surface area contributed by atoms with Crippen molar-refractivity contribution in [3.63, 3.8) is 0 Å². The van der Waals surface area contributed by atoms with Crippen LogP contribution in [-0.4, -0.2) is 42.3 Å². The summed E-state index contributed by atoms with van der Waals surface area (Å²) in [4.78, 5) is 38.8. The van der Waals surface area contributed by atoms with Gasteiger partial charge in [-0.1, -0.05) is 48.0 Å². The molecule has 1 atom stereocenters. The van der Waals surface area contributed by atoms with Crippen molar-refractivity contribution < 1.29 is 14.4 Å². The normalized spacial score (nSPS) is 15.6. The predicted molar refractivity (Wildman–Crippen MR) is 102 cm³/mol. The maximum atomic E-state index is 13.1. The maximum Gasteiger partial charge on any atom is 0.256 e. The molecule has 0 radical (unpaired) electrons. The van der Waals surface area contributed by atoms with Crippen LogP contribution in [0.2, 0.25) is 5.02 Å². The van der Waals surface area contributed by atoms with Gasteiger partial charge in [-0.25, -0.2) is 0 Å². The number of fused-ring (bicyclic) bond motifs is 1. The quantitative estimate of drug-likeness (QED) is 0.841. The molecule has 27 heavy (non-hydrogen) atoms. The van der Waals surface area contributed by atoms with Gasteiger partial charge in [-0.05, 0) is 23.3 Å². The molecule has 1 heterocycles. The third-order valence-electron chi connectivity index (χ3n) is 4.62. The fourth-order valence-electron chi connectivity index (χ4n) is 3.13. The summed E-state index contributed by atoms with van der Waals surface area (Å²) in [6.45, 7) is 0.167. The Kier molecular flexibility index (Phi) is 5.76. The van der Waals surface area contributed by atoms with Gasteiger partial charge in [0.15, 0.2) is 0 Å². The Bertz CT molecular complexity index is 884. The van der Waals surface area contributed by atoms with Crippen LogP contribution in [0.25, 0.3) is 0 Å². The minimum atomic E-state index is -0.715. The molecule has 3 rings (SSSR count). The van der Waals surface area contributed by atoms with Crippen molar-refractivity contribution in [2.24, 2.45) is 0 Å². The van der Waals surface area contributed by atoms with Gasteiger partial charge in [0, 0.05) is 20.0 Å². The highest BCUT2D eigenvalue weighted by Gasteiger charge is 2.35. The number of benzene rings is 2. The van der Waals surface area contributed by atoms with E-state index >= 15 is 0 Å². The standard InChI is InChI=1S/C20H20ClN3O3/c1-22-18(25)11-23-19(26)17-10-13-6-2-3-7-14(13)12-24(17)20(27)15-8-4-5-9-16(15)21/h2-9,17H,10-12H2,1H3,(H,22,25)(H,23,26)/t17-/m1/s1. The first-order valence-electron chi connectivity index (χ1n) is 8.62. The molecule has 1 aliphatic heterocycles. The number of rotatable bonds is 4. The highest BCUT2D eigenvalue weighted by molar-refractivity contribution is 6.33. The third kappa shape index (κ3) is 4.11. The van der Waals surface area contributed by atoms with Crippen molar-refractivity contribution in [2.75, 3.05) is 13.6 Å². The van der Waals surface area contributed by atoms with E-state index in [0.29, 0.717) is 23.6 Å². The molecule has 0 aliphatic carbocycles. The van der Waals surface area contributed by atoms with E-state index in [-0.39, 0.29) is 24.3 Å². The van der Waals surface area contributed by atoms with Crippen molar-refractivity contribution in [1.82, 2.24) is 15.5 Å². The number of hydrogen-bond donors (Lipinski definition) is 2. The van der Waals surface area contributed by atoms with Gasteiger partial charge in [-0.3, -0.25) is 14.4 Å². The van der Waals surface area contributed by atoms with Gasteiger partial charge in [0.2, 0.25) is 11.8 Å². The van der Waals surface area contributed by atoms with Crippen LogP contribution in [0.1, 0.15) is 21.5 Å². The molecule has 0 saturated heterocycles. The van der Waals surface area contributed by atoms with E-state index in [1.807, 2.05) is 24.3 Å². The lowest BCUT2D eigenvalue weighted by Gasteiger charge is -2.36. The zero-order chi connectivity index (χ0) is 19.4. The second kappa shape index (κ2) is 8.22. The fourth-order valence-corrected chi connectivity index (χ4v) is 3.35. The van der Waals surface area contributed by atoms with Crippen molar-refractivity contribution in [3.8, 4) is 0 Å². The molecule has 0 unspecified atom stereocenters. The molecule has 7 heteroatoms. The number of halogens is 1. The molecule has 140 valence electrons. The summed E-state index contributed by atoms with van der Waals surface area (Å²) in [6.07, 6.45) is 0.381. The molecule has 1 aliphatic rings. The van der Waals surface area contributed by atoms with E-state index in [1.165, 1.54) is 11.9 Å². The van der Waals surface area contributed by atoms with Gasteiger partial charge >= 0.3 is 0 Å². The zero-order valence-corrected chi connectivity index (χ0v) is 15.6. The number of likely N-dealkylation sites (N-methyl/N-ethyl adjacent to an activating group) is 1. The summed E-state index contributed by atoms with van der Waals surface area (Å²) in [5, 5.41) is 5.40. The van der Waals surface area contributed by atoms with Gasteiger partial charge in [-0.2, -0.15) is 0 Å². The average molecular weight is 386 g/mol. The van der Waals surface area contributed by atoms with Crippen molar-refractivity contribution in [2.45, 2.75) is 19.0 Å². The number of carbonyl (C=O) groups excluding carboxylic acids is 3. The monoisotopic (exact) mass is 385 g/mol. The molecule has 6 nitrogen and oxygen atoms in total.